The Morgan fingerprint density at radius 1 is 1.07 bits per heavy atom. The predicted octanol–water partition coefficient (Wildman–Crippen LogP) is 3.46. The first-order valence-corrected chi connectivity index (χ1v) is 11.4. The third-order valence-corrected chi connectivity index (χ3v) is 7.56. The molecule has 5 nitrogen and oxygen atoms in total. The van der Waals surface area contributed by atoms with E-state index in [9.17, 15) is 17.6 Å². The maximum absolute atomic E-state index is 13.1. The molecule has 1 aliphatic heterocycles. The summed E-state index contributed by atoms with van der Waals surface area (Å²) in [6.45, 7) is 0.904. The monoisotopic (exact) mass is 396 g/mol. The zero-order chi connectivity index (χ0) is 19.3. The van der Waals surface area contributed by atoms with Gasteiger partial charge in [-0.15, -0.1) is 0 Å². The molecule has 150 valence electrons. The van der Waals surface area contributed by atoms with Crippen LogP contribution in [0, 0.1) is 11.7 Å². The lowest BCUT2D eigenvalue weighted by molar-refractivity contribution is -0.122. The van der Waals surface area contributed by atoms with Gasteiger partial charge in [0.15, 0.2) is 0 Å². The zero-order valence-corrected chi connectivity index (χ0v) is 16.5. The van der Waals surface area contributed by atoms with Crippen molar-refractivity contribution in [2.24, 2.45) is 5.92 Å². The van der Waals surface area contributed by atoms with Crippen molar-refractivity contribution in [3.63, 3.8) is 0 Å². The van der Waals surface area contributed by atoms with Crippen LogP contribution in [0.15, 0.2) is 29.2 Å². The summed E-state index contributed by atoms with van der Waals surface area (Å²) in [6, 6.07) is 5.28. The molecule has 1 amide bonds. The standard InChI is InChI=1S/C20H29FN2O3S/c21-17-9-11-19(12-10-17)27(25,26)23-14-4-5-16(15-23)8-13-20(24)22-18-6-2-1-3-7-18/h9-12,16,18H,1-8,13-15H2,(H,22,24). The van der Waals surface area contributed by atoms with Gasteiger partial charge in [-0.3, -0.25) is 4.79 Å². The van der Waals surface area contributed by atoms with Gasteiger partial charge in [-0.25, -0.2) is 12.8 Å². The molecule has 0 spiro atoms. The molecule has 2 fully saturated rings. The highest BCUT2D eigenvalue weighted by Crippen LogP contribution is 2.26. The summed E-state index contributed by atoms with van der Waals surface area (Å²) in [5, 5.41) is 3.12. The first-order valence-electron chi connectivity index (χ1n) is 10.0. The molecular formula is C20H29FN2O3S. The Balaban J connectivity index is 1.51. The molecule has 1 saturated carbocycles. The summed E-state index contributed by atoms with van der Waals surface area (Å²) in [5.41, 5.74) is 0. The molecule has 1 saturated heterocycles. The molecule has 0 radical (unpaired) electrons. The van der Waals surface area contributed by atoms with Crippen LogP contribution in [0.1, 0.15) is 57.8 Å². The van der Waals surface area contributed by atoms with E-state index < -0.39 is 15.8 Å². The van der Waals surface area contributed by atoms with Crippen LogP contribution in [0.25, 0.3) is 0 Å². The molecule has 1 heterocycles. The van der Waals surface area contributed by atoms with E-state index in [0.29, 0.717) is 32.0 Å². The Morgan fingerprint density at radius 2 is 1.78 bits per heavy atom. The number of nitrogens with zero attached hydrogens (tertiary/aromatic N) is 1. The average molecular weight is 397 g/mol. The van der Waals surface area contributed by atoms with Crippen molar-refractivity contribution in [3.05, 3.63) is 30.1 Å². The molecule has 1 N–H and O–H groups in total. The van der Waals surface area contributed by atoms with Crippen molar-refractivity contribution in [2.45, 2.75) is 68.7 Å². The van der Waals surface area contributed by atoms with Crippen molar-refractivity contribution >= 4 is 15.9 Å². The van der Waals surface area contributed by atoms with Gasteiger partial charge in [0.2, 0.25) is 15.9 Å². The van der Waals surface area contributed by atoms with Crippen molar-refractivity contribution in [2.75, 3.05) is 13.1 Å². The number of carbonyl (C=O) groups is 1. The second-order valence-corrected chi connectivity index (χ2v) is 9.70. The highest BCUT2D eigenvalue weighted by Gasteiger charge is 2.30. The molecular weight excluding hydrogens is 367 g/mol. The van der Waals surface area contributed by atoms with Crippen molar-refractivity contribution in [1.29, 1.82) is 0 Å². The molecule has 1 aliphatic carbocycles. The summed E-state index contributed by atoms with van der Waals surface area (Å²) in [7, 11) is -3.61. The van der Waals surface area contributed by atoms with Crippen LogP contribution in [0.3, 0.4) is 0 Å². The largest absolute Gasteiger partial charge is 0.353 e. The maximum atomic E-state index is 13.1. The fraction of sp³-hybridized carbons (Fsp3) is 0.650. The molecule has 27 heavy (non-hydrogen) atoms. The summed E-state index contributed by atoms with van der Waals surface area (Å²) in [6.07, 6.45) is 8.64. The van der Waals surface area contributed by atoms with E-state index in [2.05, 4.69) is 5.32 Å². The lowest BCUT2D eigenvalue weighted by atomic mass is 9.93. The first kappa shape index (κ1) is 20.3. The Kier molecular flexibility index (Phi) is 6.87. The number of rotatable bonds is 6. The van der Waals surface area contributed by atoms with Gasteiger partial charge in [0.25, 0.3) is 0 Å². The summed E-state index contributed by atoms with van der Waals surface area (Å²) in [5.74, 6) is -0.180. The molecule has 7 heteroatoms. The lowest BCUT2D eigenvalue weighted by Gasteiger charge is -2.32. The predicted molar refractivity (Wildman–Crippen MR) is 102 cm³/mol. The van der Waals surface area contributed by atoms with Gasteiger partial charge in [0.05, 0.1) is 4.90 Å². The lowest BCUT2D eigenvalue weighted by Crippen LogP contribution is -2.40. The molecule has 0 bridgehead atoms. The van der Waals surface area contributed by atoms with Crippen LogP contribution >= 0.6 is 0 Å². The zero-order valence-electron chi connectivity index (χ0n) is 15.7. The number of hydrogen-bond acceptors (Lipinski definition) is 3. The van der Waals surface area contributed by atoms with E-state index in [1.165, 1.54) is 47.8 Å². The highest BCUT2D eigenvalue weighted by atomic mass is 32.2. The number of sulfonamides is 1. The van der Waals surface area contributed by atoms with Crippen molar-refractivity contribution < 1.29 is 17.6 Å². The molecule has 1 aromatic rings. The van der Waals surface area contributed by atoms with Crippen molar-refractivity contribution in [3.8, 4) is 0 Å². The number of halogens is 1. The summed E-state index contributed by atoms with van der Waals surface area (Å²) in [4.78, 5) is 12.3. The van der Waals surface area contributed by atoms with Crippen LogP contribution in [-0.2, 0) is 14.8 Å². The number of amides is 1. The van der Waals surface area contributed by atoms with Crippen LogP contribution in [0.4, 0.5) is 4.39 Å². The second kappa shape index (κ2) is 9.15. The Bertz CT molecular complexity index is 730. The van der Waals surface area contributed by atoms with Crippen LogP contribution in [0.5, 0.6) is 0 Å². The summed E-state index contributed by atoms with van der Waals surface area (Å²) < 4.78 is 40.1. The van der Waals surface area contributed by atoms with E-state index in [-0.39, 0.29) is 16.7 Å². The normalized spacial score (nSPS) is 22.5. The van der Waals surface area contributed by atoms with Gasteiger partial charge in [-0.1, -0.05) is 19.3 Å². The van der Waals surface area contributed by atoms with Gasteiger partial charge < -0.3 is 5.32 Å². The SMILES string of the molecule is O=C(CCC1CCCN(S(=O)(=O)c2ccc(F)cc2)C1)NC1CCCCC1. The van der Waals surface area contributed by atoms with E-state index >= 15 is 0 Å². The number of piperidine rings is 1. The van der Waals surface area contributed by atoms with Gasteiger partial charge in [0.1, 0.15) is 5.82 Å². The number of carbonyl (C=O) groups excluding carboxylic acids is 1. The van der Waals surface area contributed by atoms with Gasteiger partial charge in [0, 0.05) is 25.6 Å². The van der Waals surface area contributed by atoms with Gasteiger partial charge in [-0.05, 0) is 62.3 Å². The van der Waals surface area contributed by atoms with Gasteiger partial charge >= 0.3 is 0 Å². The third-order valence-electron chi connectivity index (χ3n) is 5.68. The minimum absolute atomic E-state index is 0.0837. The fourth-order valence-corrected chi connectivity index (χ4v) is 5.67. The maximum Gasteiger partial charge on any atom is 0.243 e. The summed E-state index contributed by atoms with van der Waals surface area (Å²) >= 11 is 0. The second-order valence-electron chi connectivity index (χ2n) is 7.77. The fourth-order valence-electron chi connectivity index (χ4n) is 4.12. The Labute approximate surface area is 161 Å². The Hall–Kier alpha value is -1.47. The molecule has 1 unspecified atom stereocenters. The average Bonchev–Trinajstić information content (AvgIpc) is 2.68. The number of benzene rings is 1. The van der Waals surface area contributed by atoms with E-state index in [1.807, 2.05) is 0 Å². The van der Waals surface area contributed by atoms with E-state index in [4.69, 9.17) is 0 Å². The Morgan fingerprint density at radius 3 is 2.48 bits per heavy atom. The van der Waals surface area contributed by atoms with Crippen LogP contribution in [0.2, 0.25) is 0 Å². The van der Waals surface area contributed by atoms with E-state index in [1.54, 1.807) is 0 Å². The molecule has 2 aliphatic rings. The smallest absolute Gasteiger partial charge is 0.243 e. The first-order chi connectivity index (χ1) is 12.9. The van der Waals surface area contributed by atoms with Crippen LogP contribution in [-0.4, -0.2) is 37.8 Å². The molecule has 3 rings (SSSR count). The highest BCUT2D eigenvalue weighted by molar-refractivity contribution is 7.89. The minimum atomic E-state index is -3.61. The van der Waals surface area contributed by atoms with E-state index in [0.717, 1.165) is 25.7 Å². The van der Waals surface area contributed by atoms with Gasteiger partial charge in [-0.2, -0.15) is 4.31 Å². The topological polar surface area (TPSA) is 66.5 Å². The van der Waals surface area contributed by atoms with Crippen molar-refractivity contribution in [1.82, 2.24) is 9.62 Å². The minimum Gasteiger partial charge on any atom is -0.353 e. The quantitative estimate of drug-likeness (QED) is 0.801. The molecule has 0 aromatic heterocycles. The third kappa shape index (κ3) is 5.51. The number of hydrogen-bond donors (Lipinski definition) is 1. The van der Waals surface area contributed by atoms with Crippen LogP contribution < -0.4 is 5.32 Å². The molecule has 1 aromatic carbocycles. The molecule has 1 atom stereocenters. The number of nitrogens with one attached hydrogen (secondary N) is 1.